The van der Waals surface area contributed by atoms with E-state index in [1.165, 1.54) is 0 Å². The summed E-state index contributed by atoms with van der Waals surface area (Å²) in [4.78, 5) is 2.28. The van der Waals surface area contributed by atoms with Crippen molar-refractivity contribution in [3.63, 3.8) is 0 Å². The highest BCUT2D eigenvalue weighted by atomic mass is 16.5. The molecule has 0 aromatic heterocycles. The van der Waals surface area contributed by atoms with E-state index in [4.69, 9.17) is 9.47 Å². The van der Waals surface area contributed by atoms with Crippen LogP contribution in [0, 0.1) is 5.41 Å². The average Bonchev–Trinajstić information content (AvgIpc) is 2.49. The third-order valence-electron chi connectivity index (χ3n) is 3.71. The van der Waals surface area contributed by atoms with Gasteiger partial charge < -0.3 is 14.6 Å². The van der Waals surface area contributed by atoms with Crippen molar-refractivity contribution >= 4 is 0 Å². The molecule has 1 N–H and O–H groups in total. The second-order valence-corrected chi connectivity index (χ2v) is 6.06. The summed E-state index contributed by atoms with van der Waals surface area (Å²) in [6, 6.07) is 9.83. The van der Waals surface area contributed by atoms with Crippen molar-refractivity contribution in [2.45, 2.75) is 20.0 Å². The van der Waals surface area contributed by atoms with Crippen LogP contribution in [0.4, 0.5) is 0 Å². The van der Waals surface area contributed by atoms with Gasteiger partial charge in [-0.1, -0.05) is 44.2 Å². The summed E-state index contributed by atoms with van der Waals surface area (Å²) >= 11 is 0. The van der Waals surface area contributed by atoms with Crippen molar-refractivity contribution in [3.05, 3.63) is 35.9 Å². The largest absolute Gasteiger partial charge is 0.388 e. The van der Waals surface area contributed by atoms with Crippen molar-refractivity contribution in [1.29, 1.82) is 0 Å². The highest BCUT2D eigenvalue weighted by Gasteiger charge is 2.31. The van der Waals surface area contributed by atoms with Crippen molar-refractivity contribution in [2.24, 2.45) is 5.41 Å². The standard InChI is InChI=1S/C17H29NO3/c1-17(2,16(19)15-8-6-5-7-9-15)14-18(10-12-20-3)11-13-21-4/h5-9,16,19H,10-14H2,1-4H3. The third kappa shape index (κ3) is 6.14. The van der Waals surface area contributed by atoms with Crippen molar-refractivity contribution in [3.8, 4) is 0 Å². The Kier molecular flexibility index (Phi) is 7.89. The molecule has 1 aromatic rings. The first-order chi connectivity index (χ1) is 10.0. The first-order valence-electron chi connectivity index (χ1n) is 7.44. The van der Waals surface area contributed by atoms with E-state index in [0.29, 0.717) is 13.2 Å². The van der Waals surface area contributed by atoms with E-state index in [1.54, 1.807) is 14.2 Å². The van der Waals surface area contributed by atoms with Gasteiger partial charge in [-0.3, -0.25) is 4.90 Å². The van der Waals surface area contributed by atoms with Gasteiger partial charge in [-0.05, 0) is 5.56 Å². The lowest BCUT2D eigenvalue weighted by molar-refractivity contribution is 0.00845. The SMILES string of the molecule is COCCN(CCOC)CC(C)(C)C(O)c1ccccc1. The van der Waals surface area contributed by atoms with E-state index in [9.17, 15) is 5.11 Å². The van der Waals surface area contributed by atoms with Crippen LogP contribution < -0.4 is 0 Å². The van der Waals surface area contributed by atoms with Crippen LogP contribution in [-0.4, -0.2) is 57.1 Å². The molecule has 0 radical (unpaired) electrons. The molecule has 120 valence electrons. The van der Waals surface area contributed by atoms with E-state index < -0.39 is 6.10 Å². The van der Waals surface area contributed by atoms with Gasteiger partial charge in [0.25, 0.3) is 0 Å². The smallest absolute Gasteiger partial charge is 0.0853 e. The second-order valence-electron chi connectivity index (χ2n) is 6.06. The van der Waals surface area contributed by atoms with Gasteiger partial charge in [0.15, 0.2) is 0 Å². The minimum absolute atomic E-state index is 0.247. The molecule has 1 aromatic carbocycles. The van der Waals surface area contributed by atoms with Crippen LogP contribution in [0.3, 0.4) is 0 Å². The first-order valence-corrected chi connectivity index (χ1v) is 7.44. The molecular weight excluding hydrogens is 266 g/mol. The molecule has 0 saturated carbocycles. The fourth-order valence-corrected chi connectivity index (χ4v) is 2.46. The molecule has 0 aliphatic carbocycles. The zero-order chi connectivity index (χ0) is 15.7. The molecule has 0 fully saturated rings. The number of hydrogen-bond donors (Lipinski definition) is 1. The summed E-state index contributed by atoms with van der Waals surface area (Å²) < 4.78 is 10.3. The zero-order valence-electron chi connectivity index (χ0n) is 13.7. The van der Waals surface area contributed by atoms with E-state index >= 15 is 0 Å². The lowest BCUT2D eigenvalue weighted by Crippen LogP contribution is -2.41. The van der Waals surface area contributed by atoms with Crippen molar-refractivity contribution in [2.75, 3.05) is 47.1 Å². The van der Waals surface area contributed by atoms with Gasteiger partial charge in [-0.2, -0.15) is 0 Å². The van der Waals surface area contributed by atoms with Crippen LogP contribution >= 0.6 is 0 Å². The minimum Gasteiger partial charge on any atom is -0.388 e. The Balaban J connectivity index is 2.69. The Hall–Kier alpha value is -0.940. The number of methoxy groups -OCH3 is 2. The topological polar surface area (TPSA) is 41.9 Å². The second kappa shape index (κ2) is 9.15. The van der Waals surface area contributed by atoms with Gasteiger partial charge in [0, 0.05) is 39.3 Å². The molecule has 4 nitrogen and oxygen atoms in total. The number of hydrogen-bond acceptors (Lipinski definition) is 4. The number of aliphatic hydroxyl groups is 1. The highest BCUT2D eigenvalue weighted by molar-refractivity contribution is 5.19. The van der Waals surface area contributed by atoms with Gasteiger partial charge in [-0.15, -0.1) is 0 Å². The Bertz CT molecular complexity index is 373. The monoisotopic (exact) mass is 295 g/mol. The molecule has 1 atom stereocenters. The summed E-state index contributed by atoms with van der Waals surface area (Å²) in [7, 11) is 3.41. The van der Waals surface area contributed by atoms with Crippen LogP contribution in [0.25, 0.3) is 0 Å². The number of nitrogens with zero attached hydrogens (tertiary/aromatic N) is 1. The Morgan fingerprint density at radius 1 is 1.05 bits per heavy atom. The van der Waals surface area contributed by atoms with Crippen LogP contribution in [0.5, 0.6) is 0 Å². The molecule has 21 heavy (non-hydrogen) atoms. The molecule has 0 saturated heterocycles. The maximum absolute atomic E-state index is 10.7. The van der Waals surface area contributed by atoms with Gasteiger partial charge in [0.1, 0.15) is 0 Å². The van der Waals surface area contributed by atoms with Gasteiger partial charge >= 0.3 is 0 Å². The Morgan fingerprint density at radius 2 is 1.57 bits per heavy atom. The normalized spacial score (nSPS) is 13.6. The van der Waals surface area contributed by atoms with Crippen LogP contribution in [-0.2, 0) is 9.47 Å². The predicted octanol–water partition coefficient (Wildman–Crippen LogP) is 2.34. The molecule has 0 bridgehead atoms. The molecule has 0 amide bonds. The van der Waals surface area contributed by atoms with Crippen LogP contribution in [0.15, 0.2) is 30.3 Å². The molecule has 1 rings (SSSR count). The average molecular weight is 295 g/mol. The van der Waals surface area contributed by atoms with E-state index in [-0.39, 0.29) is 5.41 Å². The quantitative estimate of drug-likeness (QED) is 0.719. The number of aliphatic hydroxyl groups excluding tert-OH is 1. The third-order valence-corrected chi connectivity index (χ3v) is 3.71. The number of benzene rings is 1. The summed E-state index contributed by atoms with van der Waals surface area (Å²) in [6.45, 7) is 8.02. The Labute approximate surface area is 128 Å². The molecule has 0 aliphatic heterocycles. The van der Waals surface area contributed by atoms with E-state index in [1.807, 2.05) is 30.3 Å². The summed E-state index contributed by atoms with van der Waals surface area (Å²) in [5.41, 5.74) is 0.712. The summed E-state index contributed by atoms with van der Waals surface area (Å²) in [6.07, 6.45) is -0.494. The zero-order valence-corrected chi connectivity index (χ0v) is 13.7. The Morgan fingerprint density at radius 3 is 2.05 bits per heavy atom. The fourth-order valence-electron chi connectivity index (χ4n) is 2.46. The molecular formula is C17H29NO3. The summed E-state index contributed by atoms with van der Waals surface area (Å²) in [5.74, 6) is 0. The summed E-state index contributed by atoms with van der Waals surface area (Å²) in [5, 5.41) is 10.7. The maximum atomic E-state index is 10.7. The van der Waals surface area contributed by atoms with Gasteiger partial charge in [0.2, 0.25) is 0 Å². The van der Waals surface area contributed by atoms with Gasteiger partial charge in [-0.25, -0.2) is 0 Å². The predicted molar refractivity (Wildman–Crippen MR) is 85.4 cm³/mol. The molecule has 0 spiro atoms. The fraction of sp³-hybridized carbons (Fsp3) is 0.647. The first kappa shape index (κ1) is 18.1. The van der Waals surface area contributed by atoms with E-state index in [0.717, 1.165) is 25.2 Å². The lowest BCUT2D eigenvalue weighted by atomic mass is 9.82. The highest BCUT2D eigenvalue weighted by Crippen LogP contribution is 2.33. The molecule has 0 heterocycles. The molecule has 4 heteroatoms. The lowest BCUT2D eigenvalue weighted by Gasteiger charge is -2.36. The van der Waals surface area contributed by atoms with Crippen LogP contribution in [0.2, 0.25) is 0 Å². The molecule has 0 aliphatic rings. The van der Waals surface area contributed by atoms with Crippen molar-refractivity contribution < 1.29 is 14.6 Å². The number of rotatable bonds is 10. The molecule has 1 unspecified atom stereocenters. The maximum Gasteiger partial charge on any atom is 0.0853 e. The van der Waals surface area contributed by atoms with Crippen LogP contribution in [0.1, 0.15) is 25.5 Å². The van der Waals surface area contributed by atoms with Gasteiger partial charge in [0.05, 0.1) is 19.3 Å². The minimum atomic E-state index is -0.494. The van der Waals surface area contributed by atoms with E-state index in [2.05, 4.69) is 18.7 Å². The van der Waals surface area contributed by atoms with Crippen molar-refractivity contribution in [1.82, 2.24) is 4.90 Å². The number of ether oxygens (including phenoxy) is 2.